The summed E-state index contributed by atoms with van der Waals surface area (Å²) in [6, 6.07) is 5.53. The van der Waals surface area contributed by atoms with Crippen molar-refractivity contribution in [1.29, 1.82) is 0 Å². The average molecular weight is 389 g/mol. The van der Waals surface area contributed by atoms with Gasteiger partial charge in [-0.15, -0.1) is 0 Å². The molecule has 2 heteroatoms. The second kappa shape index (κ2) is 11.1. The molecule has 0 fully saturated rings. The van der Waals surface area contributed by atoms with Gasteiger partial charge in [0.15, 0.2) is 0 Å². The van der Waals surface area contributed by atoms with Crippen molar-refractivity contribution >= 4 is 0 Å². The molecule has 0 aliphatic carbocycles. The van der Waals surface area contributed by atoms with Crippen LogP contribution in [0.15, 0.2) is 18.2 Å². The molecule has 1 N–H and O–H groups in total. The van der Waals surface area contributed by atoms with E-state index in [0.717, 1.165) is 42.8 Å². The molecule has 1 heterocycles. The lowest BCUT2D eigenvalue weighted by atomic mass is 9.86. The molecular formula is C26H44O2. The Balaban J connectivity index is 1.61. The number of benzene rings is 1. The van der Waals surface area contributed by atoms with Crippen LogP contribution in [0.1, 0.15) is 104 Å². The second-order valence-corrected chi connectivity index (χ2v) is 10.2. The van der Waals surface area contributed by atoms with Crippen LogP contribution in [0, 0.1) is 17.8 Å². The van der Waals surface area contributed by atoms with Crippen molar-refractivity contribution in [3.05, 3.63) is 23.8 Å². The van der Waals surface area contributed by atoms with Crippen LogP contribution >= 0.6 is 0 Å². The molecule has 1 aromatic carbocycles. The maximum Gasteiger partial charge on any atom is 0.127 e. The fourth-order valence-electron chi connectivity index (χ4n) is 4.54. The highest BCUT2D eigenvalue weighted by molar-refractivity contribution is 5.41. The molecule has 1 aliphatic rings. The summed E-state index contributed by atoms with van der Waals surface area (Å²) in [5.41, 5.74) is 1.15. The van der Waals surface area contributed by atoms with Crippen LogP contribution < -0.4 is 4.74 Å². The molecule has 2 nitrogen and oxygen atoms in total. The molecule has 0 amide bonds. The van der Waals surface area contributed by atoms with Gasteiger partial charge in [-0.2, -0.15) is 0 Å². The summed E-state index contributed by atoms with van der Waals surface area (Å²) in [4.78, 5) is 0. The number of hydrogen-bond donors (Lipinski definition) is 1. The quantitative estimate of drug-likeness (QED) is 0.394. The molecule has 1 aliphatic heterocycles. The second-order valence-electron chi connectivity index (χ2n) is 10.2. The molecule has 28 heavy (non-hydrogen) atoms. The van der Waals surface area contributed by atoms with Crippen LogP contribution in [-0.2, 0) is 6.42 Å². The first-order chi connectivity index (χ1) is 13.3. The first-order valence-electron chi connectivity index (χ1n) is 11.8. The van der Waals surface area contributed by atoms with Crippen LogP contribution in [0.4, 0.5) is 0 Å². The zero-order valence-electron chi connectivity index (χ0n) is 19.1. The van der Waals surface area contributed by atoms with E-state index < -0.39 is 0 Å². The molecule has 0 bridgehead atoms. The number of rotatable bonds is 12. The Bertz CT molecular complexity index is 580. The maximum atomic E-state index is 9.72. The van der Waals surface area contributed by atoms with Crippen molar-refractivity contribution in [3.63, 3.8) is 0 Å². The van der Waals surface area contributed by atoms with Crippen LogP contribution in [0.3, 0.4) is 0 Å². The standard InChI is InChI=1S/C26H44O2/c1-20(2)9-6-10-21(3)11-7-12-22(4)13-8-17-26(5)18-16-23-14-15-24(27)19-25(23)28-26/h14-15,19-22,27H,6-13,16-18H2,1-5H3. The number of phenols is 1. The van der Waals surface area contributed by atoms with E-state index in [1.807, 2.05) is 6.07 Å². The Kier molecular flexibility index (Phi) is 9.18. The van der Waals surface area contributed by atoms with Gasteiger partial charge in [-0.25, -0.2) is 0 Å². The van der Waals surface area contributed by atoms with Gasteiger partial charge in [-0.1, -0.05) is 78.7 Å². The Morgan fingerprint density at radius 1 is 0.929 bits per heavy atom. The van der Waals surface area contributed by atoms with Crippen LogP contribution in [-0.4, -0.2) is 10.7 Å². The highest BCUT2D eigenvalue weighted by atomic mass is 16.5. The highest BCUT2D eigenvalue weighted by Gasteiger charge is 2.31. The minimum absolute atomic E-state index is 0.0779. The number of aryl methyl sites for hydroxylation is 1. The van der Waals surface area contributed by atoms with Crippen LogP contribution in [0.5, 0.6) is 11.5 Å². The van der Waals surface area contributed by atoms with E-state index >= 15 is 0 Å². The monoisotopic (exact) mass is 388 g/mol. The number of phenolic OH excluding ortho intramolecular Hbond substituents is 1. The summed E-state index contributed by atoms with van der Waals surface area (Å²) in [5.74, 6) is 3.73. The average Bonchev–Trinajstić information content (AvgIpc) is 2.61. The Hall–Kier alpha value is -1.18. The summed E-state index contributed by atoms with van der Waals surface area (Å²) in [5, 5.41) is 9.72. The van der Waals surface area contributed by atoms with Gasteiger partial charge in [0, 0.05) is 6.07 Å². The molecule has 0 spiro atoms. The molecule has 2 rings (SSSR count). The largest absolute Gasteiger partial charge is 0.508 e. The van der Waals surface area contributed by atoms with Crippen LogP contribution in [0.25, 0.3) is 0 Å². The predicted octanol–water partition coefficient (Wildman–Crippen LogP) is 7.92. The van der Waals surface area contributed by atoms with Gasteiger partial charge in [0.1, 0.15) is 17.1 Å². The summed E-state index contributed by atoms with van der Waals surface area (Å²) < 4.78 is 6.29. The van der Waals surface area contributed by atoms with E-state index in [1.165, 1.54) is 56.9 Å². The third-order valence-electron chi connectivity index (χ3n) is 6.61. The molecule has 0 radical (unpaired) electrons. The van der Waals surface area contributed by atoms with Crippen molar-refractivity contribution < 1.29 is 9.84 Å². The third-order valence-corrected chi connectivity index (χ3v) is 6.61. The molecule has 3 unspecified atom stereocenters. The van der Waals surface area contributed by atoms with Crippen molar-refractivity contribution in [2.45, 2.75) is 111 Å². The van der Waals surface area contributed by atoms with Gasteiger partial charge in [0.05, 0.1) is 0 Å². The summed E-state index contributed by atoms with van der Waals surface area (Å²) >= 11 is 0. The molecule has 3 atom stereocenters. The van der Waals surface area contributed by atoms with E-state index in [2.05, 4.69) is 34.6 Å². The summed E-state index contributed by atoms with van der Waals surface area (Å²) in [6.45, 7) is 11.7. The van der Waals surface area contributed by atoms with Gasteiger partial charge in [0.2, 0.25) is 0 Å². The molecule has 0 aromatic heterocycles. The summed E-state index contributed by atoms with van der Waals surface area (Å²) in [6.07, 6.45) is 14.1. The predicted molar refractivity (Wildman–Crippen MR) is 120 cm³/mol. The number of ether oxygens (including phenoxy) is 1. The first-order valence-corrected chi connectivity index (χ1v) is 11.8. The lowest BCUT2D eigenvalue weighted by molar-refractivity contribution is 0.0522. The lowest BCUT2D eigenvalue weighted by Crippen LogP contribution is -2.36. The van der Waals surface area contributed by atoms with E-state index in [1.54, 1.807) is 12.1 Å². The Morgan fingerprint density at radius 3 is 2.18 bits per heavy atom. The Labute approximate surface area is 174 Å². The zero-order chi connectivity index (χ0) is 20.6. The molecule has 160 valence electrons. The van der Waals surface area contributed by atoms with E-state index in [4.69, 9.17) is 4.74 Å². The van der Waals surface area contributed by atoms with Crippen molar-refractivity contribution in [2.24, 2.45) is 17.8 Å². The topological polar surface area (TPSA) is 29.5 Å². The first kappa shape index (κ1) is 23.1. The SMILES string of the molecule is CC(C)CCCC(C)CCCC(C)CCCC1(C)CCc2ccc(O)cc2O1. The normalized spacial score (nSPS) is 21.2. The highest BCUT2D eigenvalue weighted by Crippen LogP contribution is 2.38. The smallest absolute Gasteiger partial charge is 0.127 e. The van der Waals surface area contributed by atoms with E-state index in [-0.39, 0.29) is 5.60 Å². The van der Waals surface area contributed by atoms with Crippen LogP contribution in [0.2, 0.25) is 0 Å². The molecule has 0 saturated carbocycles. The molecule has 1 aromatic rings. The molecule has 0 saturated heterocycles. The number of hydrogen-bond acceptors (Lipinski definition) is 2. The van der Waals surface area contributed by atoms with E-state index in [9.17, 15) is 5.11 Å². The van der Waals surface area contributed by atoms with Gasteiger partial charge in [-0.3, -0.25) is 0 Å². The summed E-state index contributed by atoms with van der Waals surface area (Å²) in [7, 11) is 0. The third kappa shape index (κ3) is 8.05. The fraction of sp³-hybridized carbons (Fsp3) is 0.769. The number of fused-ring (bicyclic) bond motifs is 1. The lowest BCUT2D eigenvalue weighted by Gasteiger charge is -2.36. The maximum absolute atomic E-state index is 9.72. The Morgan fingerprint density at radius 2 is 1.54 bits per heavy atom. The fourth-order valence-corrected chi connectivity index (χ4v) is 4.54. The van der Waals surface area contributed by atoms with E-state index in [0.29, 0.717) is 5.75 Å². The van der Waals surface area contributed by atoms with Gasteiger partial charge in [-0.05, 0) is 62.0 Å². The van der Waals surface area contributed by atoms with Crippen molar-refractivity contribution in [3.8, 4) is 11.5 Å². The minimum Gasteiger partial charge on any atom is -0.508 e. The van der Waals surface area contributed by atoms with Gasteiger partial charge >= 0.3 is 0 Å². The molecular weight excluding hydrogens is 344 g/mol. The van der Waals surface area contributed by atoms with Crippen molar-refractivity contribution in [1.82, 2.24) is 0 Å². The number of aromatic hydroxyl groups is 1. The van der Waals surface area contributed by atoms with Gasteiger partial charge < -0.3 is 9.84 Å². The zero-order valence-corrected chi connectivity index (χ0v) is 19.1. The van der Waals surface area contributed by atoms with Gasteiger partial charge in [0.25, 0.3) is 0 Å². The minimum atomic E-state index is -0.0779. The van der Waals surface area contributed by atoms with Crippen molar-refractivity contribution in [2.75, 3.05) is 0 Å².